The molecule has 1 aliphatic heterocycles. The Bertz CT molecular complexity index is 415. The van der Waals surface area contributed by atoms with Gasteiger partial charge in [-0.15, -0.1) is 0 Å². The van der Waals surface area contributed by atoms with E-state index in [2.05, 4.69) is 13.0 Å². The molecule has 0 unspecified atom stereocenters. The molecule has 1 rings (SSSR count). The lowest BCUT2D eigenvalue weighted by atomic mass is 10.0. The van der Waals surface area contributed by atoms with Crippen molar-refractivity contribution in [1.29, 1.82) is 0 Å². The third-order valence-corrected chi connectivity index (χ3v) is 6.21. The predicted molar refractivity (Wildman–Crippen MR) is 127 cm³/mol. The maximum Gasteiger partial charge on any atom is 0.114 e. The summed E-state index contributed by atoms with van der Waals surface area (Å²) in [7, 11) is 0. The van der Waals surface area contributed by atoms with E-state index in [1.165, 1.54) is 96.3 Å². The van der Waals surface area contributed by atoms with Crippen molar-refractivity contribution < 1.29 is 24.8 Å². The fourth-order valence-corrected chi connectivity index (χ4v) is 4.14. The molecular formula is C26H50O5. The minimum atomic E-state index is -1.04. The number of allylic oxidation sites excluding steroid dienone is 1. The van der Waals surface area contributed by atoms with Crippen molar-refractivity contribution >= 4 is 0 Å². The van der Waals surface area contributed by atoms with Gasteiger partial charge in [-0.05, 0) is 12.8 Å². The molecule has 31 heavy (non-hydrogen) atoms. The predicted octanol–water partition coefficient (Wildman–Crippen LogP) is 5.30. The molecule has 0 saturated carbocycles. The van der Waals surface area contributed by atoms with Crippen molar-refractivity contribution in [1.82, 2.24) is 0 Å². The van der Waals surface area contributed by atoms with E-state index in [1.54, 1.807) is 0 Å². The summed E-state index contributed by atoms with van der Waals surface area (Å²) in [6.45, 7) is 2.88. The number of unbranched alkanes of at least 4 members (excludes halogenated alkanes) is 15. The van der Waals surface area contributed by atoms with Gasteiger partial charge in [0.1, 0.15) is 24.4 Å². The zero-order valence-corrected chi connectivity index (χ0v) is 20.1. The topological polar surface area (TPSA) is 79.2 Å². The highest BCUT2D eigenvalue weighted by Crippen LogP contribution is 2.18. The van der Waals surface area contributed by atoms with E-state index >= 15 is 0 Å². The molecule has 5 heteroatoms. The quantitative estimate of drug-likeness (QED) is 0.166. The largest absolute Gasteiger partial charge is 0.388 e. The van der Waals surface area contributed by atoms with E-state index in [1.807, 2.05) is 6.08 Å². The SMILES string of the molecule is CCCCCCCCCCCCCCCCC/C=C/COC[C@H](O)[C@H]1OC[C@@H](O)[C@H]1O. The Labute approximate surface area is 191 Å². The van der Waals surface area contributed by atoms with Gasteiger partial charge in [0.05, 0.1) is 19.8 Å². The third-order valence-electron chi connectivity index (χ3n) is 6.21. The molecule has 184 valence electrons. The van der Waals surface area contributed by atoms with E-state index in [9.17, 15) is 15.3 Å². The second kappa shape index (κ2) is 20.2. The molecule has 4 atom stereocenters. The number of ether oxygens (including phenoxy) is 2. The first-order valence-electron chi connectivity index (χ1n) is 13.0. The molecule has 0 radical (unpaired) electrons. The van der Waals surface area contributed by atoms with Crippen LogP contribution in [0.5, 0.6) is 0 Å². The van der Waals surface area contributed by atoms with Crippen LogP contribution < -0.4 is 0 Å². The van der Waals surface area contributed by atoms with E-state index in [0.29, 0.717) is 6.61 Å². The smallest absolute Gasteiger partial charge is 0.114 e. The van der Waals surface area contributed by atoms with Gasteiger partial charge in [-0.2, -0.15) is 0 Å². The highest BCUT2D eigenvalue weighted by molar-refractivity contribution is 4.88. The lowest BCUT2D eigenvalue weighted by Crippen LogP contribution is -2.40. The van der Waals surface area contributed by atoms with Gasteiger partial charge in [-0.25, -0.2) is 0 Å². The summed E-state index contributed by atoms with van der Waals surface area (Å²) in [5, 5.41) is 29.1. The number of aliphatic hydroxyl groups excluding tert-OH is 3. The first-order chi connectivity index (χ1) is 15.2. The molecule has 1 fully saturated rings. The molecule has 3 N–H and O–H groups in total. The summed E-state index contributed by atoms with van der Waals surface area (Å²) in [6, 6.07) is 0. The molecule has 5 nitrogen and oxygen atoms in total. The van der Waals surface area contributed by atoms with Gasteiger partial charge in [0.15, 0.2) is 0 Å². The summed E-state index contributed by atoms with van der Waals surface area (Å²) < 4.78 is 10.6. The zero-order chi connectivity index (χ0) is 22.6. The van der Waals surface area contributed by atoms with Crippen molar-refractivity contribution in [3.63, 3.8) is 0 Å². The summed E-state index contributed by atoms with van der Waals surface area (Å²) in [5.41, 5.74) is 0. The van der Waals surface area contributed by atoms with Gasteiger partial charge in [0.2, 0.25) is 0 Å². The number of hydrogen-bond acceptors (Lipinski definition) is 5. The Morgan fingerprint density at radius 2 is 1.32 bits per heavy atom. The van der Waals surface area contributed by atoms with Crippen LogP contribution in [0.3, 0.4) is 0 Å². The van der Waals surface area contributed by atoms with Crippen LogP contribution in [0.1, 0.15) is 110 Å². The Kier molecular flexibility index (Phi) is 18.6. The van der Waals surface area contributed by atoms with Gasteiger partial charge < -0.3 is 24.8 Å². The fourth-order valence-electron chi connectivity index (χ4n) is 4.14. The minimum Gasteiger partial charge on any atom is -0.388 e. The third kappa shape index (κ3) is 15.1. The van der Waals surface area contributed by atoms with Crippen molar-refractivity contribution in [3.8, 4) is 0 Å². The van der Waals surface area contributed by atoms with Crippen LogP contribution in [0.4, 0.5) is 0 Å². The number of hydrogen-bond donors (Lipinski definition) is 3. The molecule has 1 heterocycles. The second-order valence-electron chi connectivity index (χ2n) is 9.17. The van der Waals surface area contributed by atoms with Crippen LogP contribution in [-0.4, -0.2) is 59.6 Å². The molecule has 0 aromatic heterocycles. The highest BCUT2D eigenvalue weighted by Gasteiger charge is 2.39. The maximum absolute atomic E-state index is 9.94. The Morgan fingerprint density at radius 1 is 0.806 bits per heavy atom. The molecule has 1 saturated heterocycles. The Hall–Kier alpha value is -0.460. The van der Waals surface area contributed by atoms with Crippen LogP contribution in [0.15, 0.2) is 12.2 Å². The van der Waals surface area contributed by atoms with Gasteiger partial charge in [0.25, 0.3) is 0 Å². The fraction of sp³-hybridized carbons (Fsp3) is 0.923. The zero-order valence-electron chi connectivity index (χ0n) is 20.1. The van der Waals surface area contributed by atoms with Crippen molar-refractivity contribution in [2.75, 3.05) is 19.8 Å². The van der Waals surface area contributed by atoms with Gasteiger partial charge >= 0.3 is 0 Å². The Balaban J connectivity index is 1.77. The number of rotatable bonds is 21. The first kappa shape index (κ1) is 28.6. The number of aliphatic hydroxyl groups is 3. The summed E-state index contributed by atoms with van der Waals surface area (Å²) in [5.74, 6) is 0. The highest BCUT2D eigenvalue weighted by atomic mass is 16.5. The minimum absolute atomic E-state index is 0.0576. The molecular weight excluding hydrogens is 392 g/mol. The van der Waals surface area contributed by atoms with Gasteiger partial charge in [-0.1, -0.05) is 109 Å². The molecule has 0 aliphatic carbocycles. The molecule has 0 amide bonds. The monoisotopic (exact) mass is 442 g/mol. The molecule has 0 aromatic rings. The summed E-state index contributed by atoms with van der Waals surface area (Å²) in [4.78, 5) is 0. The van der Waals surface area contributed by atoms with E-state index in [4.69, 9.17) is 9.47 Å². The standard InChI is InChI=1S/C26H50O5/c1-2-3-4-5-6-7-8-9-10-11-12-13-14-15-16-17-18-19-20-30-21-24(28)26-25(29)23(27)22-31-26/h18-19,23-29H,2-17,20-22H2,1H3/b19-18+/t23-,24+,25-,26-/m1/s1. The van der Waals surface area contributed by atoms with Crippen LogP contribution in [0.2, 0.25) is 0 Å². The van der Waals surface area contributed by atoms with Crippen molar-refractivity contribution in [3.05, 3.63) is 12.2 Å². The van der Waals surface area contributed by atoms with Gasteiger partial charge in [0, 0.05) is 0 Å². The van der Waals surface area contributed by atoms with E-state index in [-0.39, 0.29) is 13.2 Å². The van der Waals surface area contributed by atoms with Crippen molar-refractivity contribution in [2.45, 2.75) is 134 Å². The average Bonchev–Trinajstić information content (AvgIpc) is 3.10. The first-order valence-corrected chi connectivity index (χ1v) is 13.0. The normalized spacial score (nSPS) is 22.5. The average molecular weight is 443 g/mol. The van der Waals surface area contributed by atoms with Crippen LogP contribution in [0, 0.1) is 0 Å². The van der Waals surface area contributed by atoms with Crippen LogP contribution >= 0.6 is 0 Å². The lowest BCUT2D eigenvalue weighted by molar-refractivity contribution is -0.0782. The second-order valence-corrected chi connectivity index (χ2v) is 9.17. The van der Waals surface area contributed by atoms with E-state index in [0.717, 1.165) is 6.42 Å². The van der Waals surface area contributed by atoms with E-state index < -0.39 is 24.4 Å². The van der Waals surface area contributed by atoms with Crippen molar-refractivity contribution in [2.24, 2.45) is 0 Å². The van der Waals surface area contributed by atoms with Gasteiger partial charge in [-0.3, -0.25) is 0 Å². The summed E-state index contributed by atoms with van der Waals surface area (Å²) >= 11 is 0. The molecule has 0 aromatic carbocycles. The summed E-state index contributed by atoms with van der Waals surface area (Å²) in [6.07, 6.45) is 22.3. The van der Waals surface area contributed by atoms with Crippen LogP contribution in [-0.2, 0) is 9.47 Å². The Morgan fingerprint density at radius 3 is 1.81 bits per heavy atom. The molecule has 0 spiro atoms. The lowest BCUT2D eigenvalue weighted by Gasteiger charge is -2.20. The molecule has 0 bridgehead atoms. The maximum atomic E-state index is 9.94. The molecule has 1 aliphatic rings. The van der Waals surface area contributed by atoms with Crippen LogP contribution in [0.25, 0.3) is 0 Å².